The molecule has 0 aliphatic carbocycles. The van der Waals surface area contributed by atoms with Gasteiger partial charge in [-0.15, -0.1) is 0 Å². The highest BCUT2D eigenvalue weighted by Gasteiger charge is 2.22. The van der Waals surface area contributed by atoms with Gasteiger partial charge in [0, 0.05) is 0 Å². The summed E-state index contributed by atoms with van der Waals surface area (Å²) in [4.78, 5) is 35.4. The Balaban J connectivity index is 1.41. The number of urea groups is 1. The molecule has 1 aliphatic heterocycles. The number of hydrogen-bond acceptors (Lipinski definition) is 6. The number of carbonyl (C=O) groups is 3. The molecule has 0 spiro atoms. The Morgan fingerprint density at radius 3 is 2.60 bits per heavy atom. The normalized spacial score (nSPS) is 14.6. The fourth-order valence-corrected chi connectivity index (χ4v) is 2.69. The van der Waals surface area contributed by atoms with Crippen LogP contribution in [0.1, 0.15) is 10.4 Å². The van der Waals surface area contributed by atoms with E-state index in [4.69, 9.17) is 21.1 Å². The predicted octanol–water partition coefficient (Wildman–Crippen LogP) is 2.44. The van der Waals surface area contributed by atoms with Crippen molar-refractivity contribution in [2.24, 2.45) is 0 Å². The zero-order valence-electron chi connectivity index (χ0n) is 15.2. The van der Waals surface area contributed by atoms with Gasteiger partial charge in [-0.2, -0.15) is 0 Å². The van der Waals surface area contributed by atoms with Crippen molar-refractivity contribution in [3.8, 4) is 11.5 Å². The van der Waals surface area contributed by atoms with E-state index in [9.17, 15) is 23.2 Å². The van der Waals surface area contributed by atoms with Gasteiger partial charge < -0.3 is 19.5 Å². The molecular weight excluding hydrogens is 426 g/mol. The van der Waals surface area contributed by atoms with E-state index < -0.39 is 47.8 Å². The monoisotopic (exact) mass is 440 g/mol. The molecule has 1 atom stereocenters. The van der Waals surface area contributed by atoms with E-state index in [-0.39, 0.29) is 18.2 Å². The summed E-state index contributed by atoms with van der Waals surface area (Å²) >= 11 is 5.65. The lowest BCUT2D eigenvalue weighted by molar-refractivity contribution is -0.123. The Labute approximate surface area is 174 Å². The minimum absolute atomic E-state index is 0.0533. The molecule has 0 saturated heterocycles. The third-order valence-electron chi connectivity index (χ3n) is 3.88. The summed E-state index contributed by atoms with van der Waals surface area (Å²) in [6, 6.07) is 7.36. The maximum Gasteiger partial charge on any atom is 0.340 e. The highest BCUT2D eigenvalue weighted by atomic mass is 35.5. The lowest BCUT2D eigenvalue weighted by atomic mass is 10.2. The van der Waals surface area contributed by atoms with Gasteiger partial charge in [0.1, 0.15) is 6.61 Å². The first kappa shape index (κ1) is 21.3. The smallest absolute Gasteiger partial charge is 0.340 e. The van der Waals surface area contributed by atoms with Crippen molar-refractivity contribution in [2.45, 2.75) is 6.10 Å². The number of imide groups is 1. The van der Waals surface area contributed by atoms with E-state index in [2.05, 4.69) is 10.1 Å². The molecule has 11 heteroatoms. The number of hydrogen-bond donors (Lipinski definition) is 2. The van der Waals surface area contributed by atoms with Gasteiger partial charge in [0.25, 0.3) is 5.91 Å². The lowest BCUT2D eigenvalue weighted by Crippen LogP contribution is -2.46. The number of fused-ring (bicyclic) bond motifs is 1. The van der Waals surface area contributed by atoms with Crippen LogP contribution in [0.4, 0.5) is 13.6 Å². The summed E-state index contributed by atoms with van der Waals surface area (Å²) in [5.41, 5.74) is -0.456. The molecule has 0 fully saturated rings. The number of benzene rings is 2. The van der Waals surface area contributed by atoms with Crippen molar-refractivity contribution in [3.05, 3.63) is 58.6 Å². The summed E-state index contributed by atoms with van der Waals surface area (Å²) in [6.07, 6.45) is -0.464. The molecule has 0 aromatic heterocycles. The molecule has 2 aromatic carbocycles. The largest absolute Gasteiger partial charge is 0.486 e. The molecule has 158 valence electrons. The maximum absolute atomic E-state index is 13.2. The van der Waals surface area contributed by atoms with Crippen LogP contribution in [0.15, 0.2) is 36.4 Å². The fourth-order valence-electron chi connectivity index (χ4n) is 2.46. The van der Waals surface area contributed by atoms with Crippen LogP contribution in [-0.2, 0) is 9.53 Å². The van der Waals surface area contributed by atoms with E-state index in [1.807, 2.05) is 5.32 Å². The molecule has 2 N–H and O–H groups in total. The Morgan fingerprint density at radius 2 is 1.83 bits per heavy atom. The number of carbonyl (C=O) groups excluding carboxylic acids is 3. The highest BCUT2D eigenvalue weighted by Crippen LogP contribution is 2.30. The topological polar surface area (TPSA) is 103 Å². The number of para-hydroxylation sites is 2. The van der Waals surface area contributed by atoms with Gasteiger partial charge in [-0.05, 0) is 24.3 Å². The maximum atomic E-state index is 13.2. The third kappa shape index (κ3) is 5.35. The first-order chi connectivity index (χ1) is 14.3. The van der Waals surface area contributed by atoms with E-state index in [0.717, 1.165) is 0 Å². The summed E-state index contributed by atoms with van der Waals surface area (Å²) in [5.74, 6) is -3.49. The zero-order chi connectivity index (χ0) is 21.7. The number of halogens is 3. The van der Waals surface area contributed by atoms with Gasteiger partial charge in [0.2, 0.25) is 0 Å². The van der Waals surface area contributed by atoms with Crippen LogP contribution >= 0.6 is 11.6 Å². The van der Waals surface area contributed by atoms with E-state index in [0.29, 0.717) is 23.6 Å². The number of amides is 3. The van der Waals surface area contributed by atoms with Crippen LogP contribution in [-0.4, -0.2) is 43.8 Å². The van der Waals surface area contributed by atoms with Crippen molar-refractivity contribution in [3.63, 3.8) is 0 Å². The molecule has 0 bridgehead atoms. The average Bonchev–Trinajstić information content (AvgIpc) is 2.73. The van der Waals surface area contributed by atoms with Crippen molar-refractivity contribution in [2.75, 3.05) is 19.8 Å². The molecule has 3 rings (SSSR count). The Hall–Kier alpha value is -3.40. The molecule has 3 amide bonds. The first-order valence-corrected chi connectivity index (χ1v) is 8.99. The Kier molecular flexibility index (Phi) is 6.68. The van der Waals surface area contributed by atoms with Crippen molar-refractivity contribution >= 4 is 29.5 Å². The van der Waals surface area contributed by atoms with Gasteiger partial charge in [-0.1, -0.05) is 23.7 Å². The minimum atomic E-state index is -1.30. The van der Waals surface area contributed by atoms with Crippen molar-refractivity contribution in [1.82, 2.24) is 10.6 Å². The van der Waals surface area contributed by atoms with Crippen LogP contribution in [0.3, 0.4) is 0 Å². The standard InChI is InChI=1S/C19H15ClF2N2O6/c20-12-6-14(22)13(21)5-11(12)18(26)29-9-17(25)24-19(27)23-7-10-8-28-15-3-1-2-4-16(15)30-10/h1-6,10H,7-9H2,(H2,23,24,25,27). The quantitative estimate of drug-likeness (QED) is 0.547. The van der Waals surface area contributed by atoms with Gasteiger partial charge in [0.05, 0.1) is 17.1 Å². The van der Waals surface area contributed by atoms with Gasteiger partial charge in [-0.25, -0.2) is 18.4 Å². The second kappa shape index (κ2) is 9.40. The highest BCUT2D eigenvalue weighted by molar-refractivity contribution is 6.33. The van der Waals surface area contributed by atoms with Gasteiger partial charge in [0.15, 0.2) is 35.8 Å². The van der Waals surface area contributed by atoms with Crippen LogP contribution in [0.25, 0.3) is 0 Å². The number of nitrogens with one attached hydrogen (secondary N) is 2. The fraction of sp³-hybridized carbons (Fsp3) is 0.211. The summed E-state index contributed by atoms with van der Waals surface area (Å²) in [7, 11) is 0. The van der Waals surface area contributed by atoms with Crippen molar-refractivity contribution in [1.29, 1.82) is 0 Å². The molecule has 1 unspecified atom stereocenters. The molecule has 8 nitrogen and oxygen atoms in total. The molecule has 30 heavy (non-hydrogen) atoms. The van der Waals surface area contributed by atoms with Crippen LogP contribution in [0, 0.1) is 11.6 Å². The van der Waals surface area contributed by atoms with Crippen LogP contribution in [0.5, 0.6) is 11.5 Å². The van der Waals surface area contributed by atoms with Gasteiger partial charge in [-0.3, -0.25) is 10.1 Å². The zero-order valence-corrected chi connectivity index (χ0v) is 16.0. The minimum Gasteiger partial charge on any atom is -0.486 e. The molecule has 2 aromatic rings. The van der Waals surface area contributed by atoms with E-state index in [1.54, 1.807) is 24.3 Å². The third-order valence-corrected chi connectivity index (χ3v) is 4.19. The molecule has 0 saturated carbocycles. The lowest BCUT2D eigenvalue weighted by Gasteiger charge is -2.26. The summed E-state index contributed by atoms with van der Waals surface area (Å²) in [6.45, 7) is -0.576. The summed E-state index contributed by atoms with van der Waals surface area (Å²) < 4.78 is 42.0. The van der Waals surface area contributed by atoms with Crippen molar-refractivity contribution < 1.29 is 37.4 Å². The number of esters is 1. The molecule has 0 radical (unpaired) electrons. The number of ether oxygens (including phenoxy) is 3. The SMILES string of the molecule is O=C(COC(=O)c1cc(F)c(F)cc1Cl)NC(=O)NCC1COc2ccccc2O1. The molecular formula is C19H15ClF2N2O6. The average molecular weight is 441 g/mol. The van der Waals surface area contributed by atoms with E-state index >= 15 is 0 Å². The first-order valence-electron chi connectivity index (χ1n) is 8.61. The van der Waals surface area contributed by atoms with Crippen LogP contribution < -0.4 is 20.1 Å². The second-order valence-electron chi connectivity index (χ2n) is 6.08. The van der Waals surface area contributed by atoms with E-state index in [1.165, 1.54) is 0 Å². The molecule has 1 aliphatic rings. The Bertz CT molecular complexity index is 987. The Morgan fingerprint density at radius 1 is 1.13 bits per heavy atom. The van der Waals surface area contributed by atoms with Gasteiger partial charge >= 0.3 is 12.0 Å². The molecule has 1 heterocycles. The summed E-state index contributed by atoms with van der Waals surface area (Å²) in [5, 5.41) is 4.00. The van der Waals surface area contributed by atoms with Crippen LogP contribution in [0.2, 0.25) is 5.02 Å². The number of rotatable bonds is 5. The second-order valence-corrected chi connectivity index (χ2v) is 6.49. The predicted molar refractivity (Wildman–Crippen MR) is 99.5 cm³/mol.